The lowest BCUT2D eigenvalue weighted by Gasteiger charge is -2.05. The van der Waals surface area contributed by atoms with Crippen LogP contribution in [-0.2, 0) is 0 Å². The fourth-order valence-electron chi connectivity index (χ4n) is 2.37. The van der Waals surface area contributed by atoms with Gasteiger partial charge in [0, 0.05) is 10.9 Å². The predicted molar refractivity (Wildman–Crippen MR) is 108 cm³/mol. The minimum absolute atomic E-state index is 0.712. The Kier molecular flexibility index (Phi) is 6.22. The van der Waals surface area contributed by atoms with E-state index < -0.39 is 0 Å². The molecule has 134 valence electrons. The van der Waals surface area contributed by atoms with Gasteiger partial charge in [0.05, 0.1) is 25.6 Å². The van der Waals surface area contributed by atoms with Crippen LogP contribution in [0.4, 0.5) is 5.13 Å². The van der Waals surface area contributed by atoms with Crippen LogP contribution in [0.1, 0.15) is 18.9 Å². The first kappa shape index (κ1) is 17.9. The second-order valence-electron chi connectivity index (χ2n) is 5.53. The van der Waals surface area contributed by atoms with Gasteiger partial charge in [-0.05, 0) is 36.2 Å². The third-order valence-electron chi connectivity index (χ3n) is 3.59. The van der Waals surface area contributed by atoms with Gasteiger partial charge in [-0.25, -0.2) is 4.98 Å². The van der Waals surface area contributed by atoms with E-state index in [-0.39, 0.29) is 0 Å². The highest BCUT2D eigenvalue weighted by Gasteiger charge is 2.08. The summed E-state index contributed by atoms with van der Waals surface area (Å²) in [4.78, 5) is 4.57. The van der Waals surface area contributed by atoms with Crippen LogP contribution in [0.5, 0.6) is 11.5 Å². The number of nitrogens with one attached hydrogen (secondary N) is 1. The lowest BCUT2D eigenvalue weighted by Crippen LogP contribution is -1.96. The summed E-state index contributed by atoms with van der Waals surface area (Å²) < 4.78 is 11.0. The highest BCUT2D eigenvalue weighted by molar-refractivity contribution is 7.14. The van der Waals surface area contributed by atoms with E-state index in [1.807, 2.05) is 53.9 Å². The molecule has 0 atom stereocenters. The molecule has 0 saturated carbocycles. The van der Waals surface area contributed by atoms with Crippen LogP contribution < -0.4 is 14.9 Å². The first-order valence-corrected chi connectivity index (χ1v) is 9.29. The maximum Gasteiger partial charge on any atom is 0.203 e. The Morgan fingerprint density at radius 1 is 1.19 bits per heavy atom. The Hall–Kier alpha value is -2.86. The maximum absolute atomic E-state index is 5.63. The summed E-state index contributed by atoms with van der Waals surface area (Å²) in [5.41, 5.74) is 5.77. The number of rotatable bonds is 8. The van der Waals surface area contributed by atoms with Crippen molar-refractivity contribution in [3.05, 3.63) is 59.5 Å². The van der Waals surface area contributed by atoms with Crippen molar-refractivity contribution in [1.82, 2.24) is 4.98 Å². The molecule has 3 aromatic rings. The van der Waals surface area contributed by atoms with Gasteiger partial charge in [0.1, 0.15) is 11.5 Å². The van der Waals surface area contributed by atoms with E-state index in [4.69, 9.17) is 9.47 Å². The van der Waals surface area contributed by atoms with Gasteiger partial charge in [0.25, 0.3) is 0 Å². The highest BCUT2D eigenvalue weighted by Crippen LogP contribution is 2.31. The quantitative estimate of drug-likeness (QED) is 0.447. The molecule has 0 saturated heterocycles. The SMILES string of the molecule is CCCOc1cccc(/C=N\Nc2nc(-c3ccccc3OC)cs2)c1. The van der Waals surface area contributed by atoms with E-state index in [1.165, 1.54) is 11.3 Å². The molecule has 0 amide bonds. The second kappa shape index (κ2) is 9.01. The fraction of sp³-hybridized carbons (Fsp3) is 0.200. The van der Waals surface area contributed by atoms with Crippen molar-refractivity contribution in [2.75, 3.05) is 19.1 Å². The number of para-hydroxylation sites is 1. The molecule has 0 bridgehead atoms. The van der Waals surface area contributed by atoms with Crippen LogP contribution >= 0.6 is 11.3 Å². The predicted octanol–water partition coefficient (Wildman–Crippen LogP) is 5.05. The summed E-state index contributed by atoms with van der Waals surface area (Å²) in [5, 5.41) is 6.97. The highest BCUT2D eigenvalue weighted by atomic mass is 32.1. The van der Waals surface area contributed by atoms with Gasteiger partial charge in [0.15, 0.2) is 0 Å². The van der Waals surface area contributed by atoms with Crippen molar-refractivity contribution in [3.8, 4) is 22.8 Å². The number of methoxy groups -OCH3 is 1. The summed E-state index contributed by atoms with van der Waals surface area (Å²) in [5.74, 6) is 1.65. The van der Waals surface area contributed by atoms with Gasteiger partial charge in [-0.2, -0.15) is 5.10 Å². The zero-order valence-corrected chi connectivity index (χ0v) is 15.6. The first-order valence-electron chi connectivity index (χ1n) is 8.41. The summed E-state index contributed by atoms with van der Waals surface area (Å²) in [6, 6.07) is 15.7. The molecule has 1 heterocycles. The number of hydrogen-bond acceptors (Lipinski definition) is 6. The van der Waals surface area contributed by atoms with Crippen LogP contribution in [0.25, 0.3) is 11.3 Å². The average Bonchev–Trinajstić information content (AvgIpc) is 3.15. The smallest absolute Gasteiger partial charge is 0.203 e. The first-order chi connectivity index (χ1) is 12.8. The second-order valence-corrected chi connectivity index (χ2v) is 6.39. The van der Waals surface area contributed by atoms with Crippen LogP contribution in [0.2, 0.25) is 0 Å². The van der Waals surface area contributed by atoms with Crippen molar-refractivity contribution in [1.29, 1.82) is 0 Å². The van der Waals surface area contributed by atoms with E-state index in [0.29, 0.717) is 6.61 Å². The van der Waals surface area contributed by atoms with E-state index in [2.05, 4.69) is 22.4 Å². The third-order valence-corrected chi connectivity index (χ3v) is 4.34. The zero-order chi connectivity index (χ0) is 18.2. The largest absolute Gasteiger partial charge is 0.496 e. The lowest BCUT2D eigenvalue weighted by atomic mass is 10.1. The molecule has 0 aliphatic heterocycles. The maximum atomic E-state index is 5.63. The number of thiazole rings is 1. The number of hydrogen-bond donors (Lipinski definition) is 1. The molecule has 1 aromatic heterocycles. The summed E-state index contributed by atoms with van der Waals surface area (Å²) in [6.07, 6.45) is 2.74. The Bertz CT molecular complexity index is 877. The molecule has 1 N–H and O–H groups in total. The molecule has 6 heteroatoms. The van der Waals surface area contributed by atoms with Crippen molar-refractivity contribution >= 4 is 22.7 Å². The molecular formula is C20H21N3O2S. The van der Waals surface area contributed by atoms with Gasteiger partial charge in [-0.15, -0.1) is 11.3 Å². The topological polar surface area (TPSA) is 55.7 Å². The molecule has 2 aromatic carbocycles. The van der Waals surface area contributed by atoms with E-state index >= 15 is 0 Å². The minimum Gasteiger partial charge on any atom is -0.496 e. The van der Waals surface area contributed by atoms with E-state index in [0.717, 1.165) is 39.9 Å². The number of anilines is 1. The average molecular weight is 367 g/mol. The molecular weight excluding hydrogens is 346 g/mol. The molecule has 0 aliphatic carbocycles. The standard InChI is InChI=1S/C20H21N3O2S/c1-3-11-25-16-8-6-7-15(12-16)13-21-23-20-22-18(14-26-20)17-9-4-5-10-19(17)24-2/h4-10,12-14H,3,11H2,1-2H3,(H,22,23)/b21-13-. The summed E-state index contributed by atoms with van der Waals surface area (Å²) in [7, 11) is 1.66. The van der Waals surface area contributed by atoms with Crippen molar-refractivity contribution in [2.24, 2.45) is 5.10 Å². The molecule has 0 radical (unpaired) electrons. The van der Waals surface area contributed by atoms with Gasteiger partial charge in [0.2, 0.25) is 5.13 Å². The molecule has 0 aliphatic rings. The molecule has 5 nitrogen and oxygen atoms in total. The molecule has 0 unspecified atom stereocenters. The van der Waals surface area contributed by atoms with Crippen LogP contribution in [-0.4, -0.2) is 24.9 Å². The normalized spacial score (nSPS) is 10.8. The Morgan fingerprint density at radius 2 is 2.08 bits per heavy atom. The Morgan fingerprint density at radius 3 is 2.92 bits per heavy atom. The monoisotopic (exact) mass is 367 g/mol. The number of nitrogens with zero attached hydrogens (tertiary/aromatic N) is 2. The van der Waals surface area contributed by atoms with Crippen LogP contribution in [0.15, 0.2) is 59.0 Å². The van der Waals surface area contributed by atoms with Crippen molar-refractivity contribution < 1.29 is 9.47 Å². The molecule has 3 rings (SSSR count). The van der Waals surface area contributed by atoms with Gasteiger partial charge in [-0.3, -0.25) is 5.43 Å². The number of benzene rings is 2. The van der Waals surface area contributed by atoms with Crippen molar-refractivity contribution in [2.45, 2.75) is 13.3 Å². The van der Waals surface area contributed by atoms with Gasteiger partial charge < -0.3 is 9.47 Å². The third kappa shape index (κ3) is 4.61. The number of aromatic nitrogens is 1. The van der Waals surface area contributed by atoms with Gasteiger partial charge >= 0.3 is 0 Å². The van der Waals surface area contributed by atoms with Crippen LogP contribution in [0.3, 0.4) is 0 Å². The lowest BCUT2D eigenvalue weighted by molar-refractivity contribution is 0.317. The van der Waals surface area contributed by atoms with Crippen LogP contribution in [0, 0.1) is 0 Å². The van der Waals surface area contributed by atoms with E-state index in [9.17, 15) is 0 Å². The molecule has 0 spiro atoms. The summed E-state index contributed by atoms with van der Waals surface area (Å²) >= 11 is 1.50. The zero-order valence-electron chi connectivity index (χ0n) is 14.8. The minimum atomic E-state index is 0.712. The molecule has 26 heavy (non-hydrogen) atoms. The van der Waals surface area contributed by atoms with E-state index in [1.54, 1.807) is 13.3 Å². The number of hydrazone groups is 1. The Balaban J connectivity index is 1.66. The number of ether oxygens (including phenoxy) is 2. The Labute approximate surface area is 157 Å². The van der Waals surface area contributed by atoms with Gasteiger partial charge in [-0.1, -0.05) is 31.2 Å². The van der Waals surface area contributed by atoms with Crippen molar-refractivity contribution in [3.63, 3.8) is 0 Å². The fourth-order valence-corrected chi connectivity index (χ4v) is 3.03. The molecule has 0 fully saturated rings. The summed E-state index contributed by atoms with van der Waals surface area (Å²) in [6.45, 7) is 2.80.